The number of carbonyl (C=O) groups is 1. The summed E-state index contributed by atoms with van der Waals surface area (Å²) in [6.45, 7) is 9.62. The Labute approximate surface area is 98.9 Å². The second-order valence-electron chi connectivity index (χ2n) is 6.37. The van der Waals surface area contributed by atoms with E-state index >= 15 is 0 Å². The van der Waals surface area contributed by atoms with Crippen LogP contribution in [0.2, 0.25) is 0 Å². The maximum atomic E-state index is 11.7. The van der Waals surface area contributed by atoms with E-state index in [0.717, 1.165) is 19.4 Å². The number of carbonyl (C=O) groups excluding carboxylic acids is 1. The van der Waals surface area contributed by atoms with Crippen molar-refractivity contribution in [2.75, 3.05) is 13.7 Å². The van der Waals surface area contributed by atoms with E-state index in [2.05, 4.69) is 26.1 Å². The highest BCUT2D eigenvalue weighted by atomic mass is 16.5. The molecule has 94 valence electrons. The van der Waals surface area contributed by atoms with Crippen LogP contribution in [0.5, 0.6) is 0 Å². The topological polar surface area (TPSA) is 38.3 Å². The van der Waals surface area contributed by atoms with Gasteiger partial charge in [0.1, 0.15) is 5.54 Å². The Morgan fingerprint density at radius 3 is 2.62 bits per heavy atom. The van der Waals surface area contributed by atoms with Crippen molar-refractivity contribution in [2.45, 2.75) is 52.5 Å². The third-order valence-electron chi connectivity index (χ3n) is 3.30. The molecule has 1 aliphatic heterocycles. The minimum Gasteiger partial charge on any atom is -0.468 e. The zero-order valence-corrected chi connectivity index (χ0v) is 11.2. The molecule has 0 bridgehead atoms. The second kappa shape index (κ2) is 4.74. The van der Waals surface area contributed by atoms with Gasteiger partial charge in [-0.25, -0.2) is 0 Å². The van der Waals surface area contributed by atoms with E-state index in [1.165, 1.54) is 13.5 Å². The van der Waals surface area contributed by atoms with Crippen molar-refractivity contribution < 1.29 is 9.53 Å². The lowest BCUT2D eigenvalue weighted by Crippen LogP contribution is -2.55. The van der Waals surface area contributed by atoms with Gasteiger partial charge in [-0.1, -0.05) is 20.8 Å². The SMILES string of the molecule is COC(=O)C1(C)CC(CC(C)(C)C)CCN1. The number of piperidine rings is 1. The summed E-state index contributed by atoms with van der Waals surface area (Å²) in [6, 6.07) is 0. The fourth-order valence-corrected chi connectivity index (χ4v) is 2.72. The highest BCUT2D eigenvalue weighted by molar-refractivity contribution is 5.80. The van der Waals surface area contributed by atoms with Gasteiger partial charge in [0.25, 0.3) is 0 Å². The van der Waals surface area contributed by atoms with Crippen LogP contribution in [-0.4, -0.2) is 25.2 Å². The summed E-state index contributed by atoms with van der Waals surface area (Å²) in [5.41, 5.74) is -0.151. The number of ether oxygens (including phenoxy) is 1. The molecule has 0 saturated carbocycles. The van der Waals surface area contributed by atoms with Crippen molar-refractivity contribution in [3.8, 4) is 0 Å². The zero-order valence-electron chi connectivity index (χ0n) is 11.2. The first-order valence-corrected chi connectivity index (χ1v) is 6.10. The summed E-state index contributed by atoms with van der Waals surface area (Å²) in [5.74, 6) is 0.483. The van der Waals surface area contributed by atoms with Crippen LogP contribution in [0, 0.1) is 11.3 Å². The third-order valence-corrected chi connectivity index (χ3v) is 3.30. The van der Waals surface area contributed by atoms with Crippen LogP contribution in [0.3, 0.4) is 0 Å². The largest absolute Gasteiger partial charge is 0.468 e. The molecule has 1 N–H and O–H groups in total. The van der Waals surface area contributed by atoms with Gasteiger partial charge in [0, 0.05) is 0 Å². The molecule has 16 heavy (non-hydrogen) atoms. The molecule has 2 unspecified atom stereocenters. The van der Waals surface area contributed by atoms with Crippen LogP contribution in [0.4, 0.5) is 0 Å². The van der Waals surface area contributed by atoms with Crippen molar-refractivity contribution in [3.05, 3.63) is 0 Å². The molecule has 0 spiro atoms. The van der Waals surface area contributed by atoms with Crippen LogP contribution in [-0.2, 0) is 9.53 Å². The van der Waals surface area contributed by atoms with Gasteiger partial charge < -0.3 is 10.1 Å². The van der Waals surface area contributed by atoms with E-state index in [4.69, 9.17) is 4.74 Å². The highest BCUT2D eigenvalue weighted by Crippen LogP contribution is 2.34. The second-order valence-corrected chi connectivity index (χ2v) is 6.37. The molecule has 3 heteroatoms. The number of nitrogens with one attached hydrogen (secondary N) is 1. The van der Waals surface area contributed by atoms with E-state index in [0.29, 0.717) is 11.3 Å². The standard InChI is InChI=1S/C13H25NO2/c1-12(2,3)8-10-6-7-14-13(4,9-10)11(15)16-5/h10,14H,6-9H2,1-5H3. The summed E-state index contributed by atoms with van der Waals surface area (Å²) in [7, 11) is 1.46. The first-order chi connectivity index (χ1) is 7.27. The third kappa shape index (κ3) is 3.48. The molecule has 2 atom stereocenters. The minimum absolute atomic E-state index is 0.133. The lowest BCUT2D eigenvalue weighted by molar-refractivity contribution is -0.149. The fourth-order valence-electron chi connectivity index (χ4n) is 2.72. The minimum atomic E-state index is -0.483. The number of methoxy groups -OCH3 is 1. The predicted molar refractivity (Wildman–Crippen MR) is 65.2 cm³/mol. The van der Waals surface area contributed by atoms with Crippen molar-refractivity contribution in [1.82, 2.24) is 5.32 Å². The highest BCUT2D eigenvalue weighted by Gasteiger charge is 2.40. The Morgan fingerprint density at radius 2 is 2.12 bits per heavy atom. The average molecular weight is 227 g/mol. The maximum absolute atomic E-state index is 11.7. The molecule has 1 saturated heterocycles. The van der Waals surface area contributed by atoms with E-state index < -0.39 is 5.54 Å². The molecule has 3 nitrogen and oxygen atoms in total. The molecule has 0 aromatic carbocycles. The van der Waals surface area contributed by atoms with Gasteiger partial charge in [0.2, 0.25) is 0 Å². The summed E-state index contributed by atoms with van der Waals surface area (Å²) < 4.78 is 4.87. The smallest absolute Gasteiger partial charge is 0.325 e. The van der Waals surface area contributed by atoms with Gasteiger partial charge in [0.05, 0.1) is 7.11 Å². The molecule has 0 radical (unpaired) electrons. The molecular formula is C13H25NO2. The van der Waals surface area contributed by atoms with Crippen LogP contribution < -0.4 is 5.32 Å². The Kier molecular flexibility index (Phi) is 4.00. The van der Waals surface area contributed by atoms with Crippen LogP contribution >= 0.6 is 0 Å². The van der Waals surface area contributed by atoms with Gasteiger partial charge >= 0.3 is 5.97 Å². The molecule has 1 heterocycles. The van der Waals surface area contributed by atoms with E-state index in [1.807, 2.05) is 6.92 Å². The Balaban J connectivity index is 2.63. The Bertz CT molecular complexity index is 257. The molecular weight excluding hydrogens is 202 g/mol. The van der Waals surface area contributed by atoms with Gasteiger partial charge in [-0.3, -0.25) is 4.79 Å². The van der Waals surface area contributed by atoms with Crippen molar-refractivity contribution in [3.63, 3.8) is 0 Å². The lowest BCUT2D eigenvalue weighted by Gasteiger charge is -2.39. The van der Waals surface area contributed by atoms with Gasteiger partial charge in [0.15, 0.2) is 0 Å². The fraction of sp³-hybridized carbons (Fsp3) is 0.923. The summed E-state index contributed by atoms with van der Waals surface area (Å²) in [4.78, 5) is 11.7. The van der Waals surface area contributed by atoms with Gasteiger partial charge in [-0.15, -0.1) is 0 Å². The molecule has 1 aliphatic rings. The van der Waals surface area contributed by atoms with Gasteiger partial charge in [-0.2, -0.15) is 0 Å². The first kappa shape index (κ1) is 13.5. The van der Waals surface area contributed by atoms with Crippen molar-refractivity contribution in [1.29, 1.82) is 0 Å². The monoisotopic (exact) mass is 227 g/mol. The number of rotatable bonds is 2. The number of hydrogen-bond acceptors (Lipinski definition) is 3. The van der Waals surface area contributed by atoms with E-state index in [1.54, 1.807) is 0 Å². The van der Waals surface area contributed by atoms with Crippen molar-refractivity contribution in [2.24, 2.45) is 11.3 Å². The predicted octanol–water partition coefficient (Wildman–Crippen LogP) is 2.35. The number of esters is 1. The molecule has 0 aromatic rings. The lowest BCUT2D eigenvalue weighted by atomic mass is 9.75. The van der Waals surface area contributed by atoms with Gasteiger partial charge in [-0.05, 0) is 44.1 Å². The molecule has 1 fully saturated rings. The quantitative estimate of drug-likeness (QED) is 0.736. The Hall–Kier alpha value is -0.570. The summed E-state index contributed by atoms with van der Waals surface area (Å²) in [5, 5.41) is 3.29. The molecule has 0 aliphatic carbocycles. The normalized spacial score (nSPS) is 31.2. The van der Waals surface area contributed by atoms with Crippen LogP contribution in [0.25, 0.3) is 0 Å². The summed E-state index contributed by atoms with van der Waals surface area (Å²) >= 11 is 0. The van der Waals surface area contributed by atoms with Crippen LogP contribution in [0.1, 0.15) is 47.0 Å². The zero-order chi connectivity index (χ0) is 12.4. The van der Waals surface area contributed by atoms with Crippen LogP contribution in [0.15, 0.2) is 0 Å². The van der Waals surface area contributed by atoms with Crippen molar-refractivity contribution >= 4 is 5.97 Å². The molecule has 0 amide bonds. The molecule has 0 aromatic heterocycles. The summed E-state index contributed by atoms with van der Waals surface area (Å²) in [6.07, 6.45) is 3.21. The van der Waals surface area contributed by atoms with E-state index in [9.17, 15) is 4.79 Å². The Morgan fingerprint density at radius 1 is 1.50 bits per heavy atom. The number of hydrogen-bond donors (Lipinski definition) is 1. The van der Waals surface area contributed by atoms with E-state index in [-0.39, 0.29) is 5.97 Å². The maximum Gasteiger partial charge on any atom is 0.325 e. The average Bonchev–Trinajstić information content (AvgIpc) is 2.14. The first-order valence-electron chi connectivity index (χ1n) is 6.10. The molecule has 1 rings (SSSR count).